The van der Waals surface area contributed by atoms with Crippen LogP contribution < -0.4 is 10.1 Å². The highest BCUT2D eigenvalue weighted by Crippen LogP contribution is 2.32. The SMILES string of the molecule is CC(NCC(O)COc1ccccc1Cl)C1CC1. The van der Waals surface area contributed by atoms with Crippen molar-refractivity contribution in [3.8, 4) is 5.75 Å². The fourth-order valence-electron chi connectivity index (χ4n) is 1.89. The van der Waals surface area contributed by atoms with Gasteiger partial charge in [0.2, 0.25) is 0 Å². The van der Waals surface area contributed by atoms with E-state index in [9.17, 15) is 5.11 Å². The summed E-state index contributed by atoms with van der Waals surface area (Å²) in [5.41, 5.74) is 0. The smallest absolute Gasteiger partial charge is 0.138 e. The predicted molar refractivity (Wildman–Crippen MR) is 73.1 cm³/mol. The number of aliphatic hydroxyl groups is 1. The van der Waals surface area contributed by atoms with E-state index in [1.54, 1.807) is 12.1 Å². The molecule has 2 N–H and O–H groups in total. The second-order valence-corrected chi connectivity index (χ2v) is 5.34. The van der Waals surface area contributed by atoms with Gasteiger partial charge in [0.05, 0.1) is 5.02 Å². The maximum Gasteiger partial charge on any atom is 0.138 e. The first kappa shape index (κ1) is 13.7. The van der Waals surface area contributed by atoms with Crippen molar-refractivity contribution in [1.29, 1.82) is 0 Å². The highest BCUT2D eigenvalue weighted by atomic mass is 35.5. The third-order valence-corrected chi connectivity index (χ3v) is 3.58. The van der Waals surface area contributed by atoms with Crippen LogP contribution in [0.4, 0.5) is 0 Å². The molecule has 3 nitrogen and oxygen atoms in total. The molecule has 0 heterocycles. The average molecular weight is 270 g/mol. The Balaban J connectivity index is 1.68. The molecule has 4 heteroatoms. The monoisotopic (exact) mass is 269 g/mol. The lowest BCUT2D eigenvalue weighted by Crippen LogP contribution is -2.37. The molecule has 0 radical (unpaired) electrons. The van der Waals surface area contributed by atoms with Gasteiger partial charge >= 0.3 is 0 Å². The van der Waals surface area contributed by atoms with Gasteiger partial charge < -0.3 is 15.2 Å². The van der Waals surface area contributed by atoms with Crippen LogP contribution in [0.5, 0.6) is 5.75 Å². The standard InChI is InChI=1S/C14H20ClNO2/c1-10(11-6-7-11)16-8-12(17)9-18-14-5-3-2-4-13(14)15/h2-5,10-12,16-17H,6-9H2,1H3. The third-order valence-electron chi connectivity index (χ3n) is 3.27. The minimum Gasteiger partial charge on any atom is -0.489 e. The quantitative estimate of drug-likeness (QED) is 0.799. The van der Waals surface area contributed by atoms with E-state index in [1.165, 1.54) is 12.8 Å². The lowest BCUT2D eigenvalue weighted by atomic mass is 10.2. The van der Waals surface area contributed by atoms with Crippen molar-refractivity contribution in [2.75, 3.05) is 13.2 Å². The Morgan fingerprint density at radius 2 is 2.17 bits per heavy atom. The zero-order chi connectivity index (χ0) is 13.0. The Morgan fingerprint density at radius 3 is 2.83 bits per heavy atom. The highest BCUT2D eigenvalue weighted by Gasteiger charge is 2.27. The van der Waals surface area contributed by atoms with Crippen molar-refractivity contribution in [1.82, 2.24) is 5.32 Å². The molecular formula is C14H20ClNO2. The van der Waals surface area contributed by atoms with Crippen LogP contribution in [0.15, 0.2) is 24.3 Å². The second-order valence-electron chi connectivity index (χ2n) is 4.93. The molecule has 2 atom stereocenters. The molecule has 0 aromatic heterocycles. The first-order valence-corrected chi connectivity index (χ1v) is 6.83. The summed E-state index contributed by atoms with van der Waals surface area (Å²) in [6, 6.07) is 7.78. The van der Waals surface area contributed by atoms with E-state index in [-0.39, 0.29) is 6.61 Å². The van der Waals surface area contributed by atoms with E-state index in [0.717, 1.165) is 5.92 Å². The molecule has 18 heavy (non-hydrogen) atoms. The fourth-order valence-corrected chi connectivity index (χ4v) is 2.08. The number of halogens is 1. The molecule has 0 saturated heterocycles. The predicted octanol–water partition coefficient (Wildman–Crippen LogP) is 2.47. The van der Waals surface area contributed by atoms with Gasteiger partial charge in [0.15, 0.2) is 0 Å². The minimum absolute atomic E-state index is 0.258. The lowest BCUT2D eigenvalue weighted by Gasteiger charge is -2.17. The maximum atomic E-state index is 9.82. The molecule has 1 aliphatic carbocycles. The number of ether oxygens (including phenoxy) is 1. The number of aliphatic hydroxyl groups excluding tert-OH is 1. The van der Waals surface area contributed by atoms with Crippen molar-refractivity contribution in [3.05, 3.63) is 29.3 Å². The molecule has 2 rings (SSSR count). The average Bonchev–Trinajstić information content (AvgIpc) is 3.19. The summed E-state index contributed by atoms with van der Waals surface area (Å²) in [5.74, 6) is 1.41. The van der Waals surface area contributed by atoms with Gasteiger partial charge in [0.25, 0.3) is 0 Å². The molecule has 0 aliphatic heterocycles. The second kappa shape index (κ2) is 6.41. The summed E-state index contributed by atoms with van der Waals surface area (Å²) in [7, 11) is 0. The summed E-state index contributed by atoms with van der Waals surface area (Å²) in [5, 5.41) is 13.7. The van der Waals surface area contributed by atoms with E-state index < -0.39 is 6.10 Å². The van der Waals surface area contributed by atoms with Gasteiger partial charge in [-0.3, -0.25) is 0 Å². The molecule has 100 valence electrons. The number of hydrogen-bond acceptors (Lipinski definition) is 3. The molecule has 0 amide bonds. The van der Waals surface area contributed by atoms with E-state index in [4.69, 9.17) is 16.3 Å². The maximum absolute atomic E-state index is 9.82. The van der Waals surface area contributed by atoms with E-state index in [0.29, 0.717) is 23.4 Å². The molecule has 1 fully saturated rings. The topological polar surface area (TPSA) is 41.5 Å². The molecule has 0 bridgehead atoms. The van der Waals surface area contributed by atoms with E-state index in [2.05, 4.69) is 12.2 Å². The Kier molecular flexibility index (Phi) is 4.87. The first-order chi connectivity index (χ1) is 8.66. The largest absolute Gasteiger partial charge is 0.489 e. The Labute approximate surface area is 113 Å². The summed E-state index contributed by atoms with van der Waals surface area (Å²) < 4.78 is 5.49. The normalized spacial score (nSPS) is 18.4. The van der Waals surface area contributed by atoms with Crippen LogP contribution in [0.2, 0.25) is 5.02 Å². The van der Waals surface area contributed by atoms with Gasteiger partial charge in [-0.05, 0) is 37.8 Å². The van der Waals surface area contributed by atoms with Crippen LogP contribution in [0.25, 0.3) is 0 Å². The van der Waals surface area contributed by atoms with Crippen molar-refractivity contribution in [2.45, 2.75) is 31.9 Å². The van der Waals surface area contributed by atoms with Crippen molar-refractivity contribution in [2.24, 2.45) is 5.92 Å². The first-order valence-electron chi connectivity index (χ1n) is 6.45. The Hall–Kier alpha value is -0.770. The highest BCUT2D eigenvalue weighted by molar-refractivity contribution is 6.32. The van der Waals surface area contributed by atoms with Crippen molar-refractivity contribution in [3.63, 3.8) is 0 Å². The summed E-state index contributed by atoms with van der Waals surface area (Å²) in [6.45, 7) is 2.98. The summed E-state index contributed by atoms with van der Waals surface area (Å²) >= 11 is 5.96. The molecule has 1 saturated carbocycles. The molecule has 0 spiro atoms. The molecular weight excluding hydrogens is 250 g/mol. The van der Waals surface area contributed by atoms with E-state index >= 15 is 0 Å². The van der Waals surface area contributed by atoms with Crippen LogP contribution in [0.3, 0.4) is 0 Å². The zero-order valence-electron chi connectivity index (χ0n) is 10.6. The minimum atomic E-state index is -0.512. The van der Waals surface area contributed by atoms with Gasteiger partial charge in [-0.2, -0.15) is 0 Å². The van der Waals surface area contributed by atoms with Gasteiger partial charge in [-0.25, -0.2) is 0 Å². The van der Waals surface area contributed by atoms with Gasteiger partial charge in [0.1, 0.15) is 18.5 Å². The number of para-hydroxylation sites is 1. The van der Waals surface area contributed by atoms with Crippen LogP contribution in [0.1, 0.15) is 19.8 Å². The van der Waals surface area contributed by atoms with Gasteiger partial charge in [-0.1, -0.05) is 23.7 Å². The molecule has 2 unspecified atom stereocenters. The van der Waals surface area contributed by atoms with Gasteiger partial charge in [0, 0.05) is 12.6 Å². The van der Waals surface area contributed by atoms with Crippen molar-refractivity contribution < 1.29 is 9.84 Å². The number of benzene rings is 1. The summed E-state index contributed by atoms with van der Waals surface area (Å²) in [6.07, 6.45) is 2.10. The van der Waals surface area contributed by atoms with Gasteiger partial charge in [-0.15, -0.1) is 0 Å². The van der Waals surface area contributed by atoms with Crippen LogP contribution in [-0.2, 0) is 0 Å². The fraction of sp³-hybridized carbons (Fsp3) is 0.571. The van der Waals surface area contributed by atoms with E-state index in [1.807, 2.05) is 12.1 Å². The number of rotatable bonds is 7. The molecule has 1 aromatic rings. The lowest BCUT2D eigenvalue weighted by molar-refractivity contribution is 0.103. The summed E-state index contributed by atoms with van der Waals surface area (Å²) in [4.78, 5) is 0. The Bertz CT molecular complexity index is 382. The number of nitrogens with one attached hydrogen (secondary N) is 1. The molecule has 1 aliphatic rings. The number of hydrogen-bond donors (Lipinski definition) is 2. The van der Waals surface area contributed by atoms with Crippen LogP contribution in [-0.4, -0.2) is 30.4 Å². The Morgan fingerprint density at radius 1 is 1.44 bits per heavy atom. The zero-order valence-corrected chi connectivity index (χ0v) is 11.4. The van der Waals surface area contributed by atoms with Crippen molar-refractivity contribution >= 4 is 11.6 Å². The van der Waals surface area contributed by atoms with Crippen LogP contribution in [0, 0.1) is 5.92 Å². The van der Waals surface area contributed by atoms with Crippen LogP contribution >= 0.6 is 11.6 Å². The molecule has 1 aromatic carbocycles. The third kappa shape index (κ3) is 4.16.